The molecule has 2 aliphatic heterocycles. The van der Waals surface area contributed by atoms with Gasteiger partial charge in [0.15, 0.2) is 0 Å². The average Bonchev–Trinajstić information content (AvgIpc) is 2.85. The summed E-state index contributed by atoms with van der Waals surface area (Å²) in [7, 11) is 0. The monoisotopic (exact) mass is 337 g/mol. The van der Waals surface area contributed by atoms with Crippen LogP contribution in [-0.2, 0) is 19.1 Å². The number of nitrogens with zero attached hydrogens (tertiary/aromatic N) is 2. The minimum atomic E-state index is -0.129. The molecule has 2 atom stereocenters. The van der Waals surface area contributed by atoms with E-state index in [2.05, 4.69) is 10.2 Å². The predicted octanol–water partition coefficient (Wildman–Crippen LogP) is 0.000100. The Kier molecular flexibility index (Phi) is 5.84. The van der Waals surface area contributed by atoms with Crippen molar-refractivity contribution >= 4 is 17.7 Å². The van der Waals surface area contributed by atoms with Crippen molar-refractivity contribution in [2.75, 3.05) is 45.9 Å². The molecule has 1 N–H and O–H groups in total. The lowest BCUT2D eigenvalue weighted by molar-refractivity contribution is -0.140. The summed E-state index contributed by atoms with van der Waals surface area (Å²) in [6.45, 7) is 4.90. The van der Waals surface area contributed by atoms with Crippen molar-refractivity contribution in [3.63, 3.8) is 0 Å². The summed E-state index contributed by atoms with van der Waals surface area (Å²) in [4.78, 5) is 40.2. The van der Waals surface area contributed by atoms with Gasteiger partial charge in [0, 0.05) is 39.1 Å². The zero-order chi connectivity index (χ0) is 16.9. The molecular weight excluding hydrogens is 310 g/mol. The molecular formula is C17H27N3O4. The van der Waals surface area contributed by atoms with Gasteiger partial charge in [0.1, 0.15) is 0 Å². The quantitative estimate of drug-likeness (QED) is 0.690. The van der Waals surface area contributed by atoms with Crippen LogP contribution in [0.1, 0.15) is 32.1 Å². The molecule has 2 saturated heterocycles. The summed E-state index contributed by atoms with van der Waals surface area (Å²) in [6.07, 6.45) is 3.88. The van der Waals surface area contributed by atoms with Gasteiger partial charge < -0.3 is 10.1 Å². The number of likely N-dealkylation sites (tertiary alicyclic amines) is 1. The summed E-state index contributed by atoms with van der Waals surface area (Å²) in [5.41, 5.74) is 0. The van der Waals surface area contributed by atoms with Gasteiger partial charge in [-0.2, -0.15) is 0 Å². The Morgan fingerprint density at radius 1 is 1.04 bits per heavy atom. The van der Waals surface area contributed by atoms with Crippen LogP contribution >= 0.6 is 0 Å². The summed E-state index contributed by atoms with van der Waals surface area (Å²) in [5.74, 6) is -0.485. The molecule has 3 aliphatic rings. The first-order chi connectivity index (χ1) is 11.7. The van der Waals surface area contributed by atoms with Crippen molar-refractivity contribution in [3.05, 3.63) is 0 Å². The van der Waals surface area contributed by atoms with Crippen LogP contribution < -0.4 is 5.32 Å². The van der Waals surface area contributed by atoms with Crippen molar-refractivity contribution in [1.82, 2.24) is 15.1 Å². The van der Waals surface area contributed by atoms with E-state index < -0.39 is 0 Å². The first-order valence-electron chi connectivity index (χ1n) is 9.09. The number of morpholine rings is 1. The molecule has 0 radical (unpaired) electrons. The molecule has 134 valence electrons. The number of rotatable bonds is 6. The van der Waals surface area contributed by atoms with E-state index in [9.17, 15) is 14.4 Å². The van der Waals surface area contributed by atoms with Crippen molar-refractivity contribution in [1.29, 1.82) is 0 Å². The second-order valence-corrected chi connectivity index (χ2v) is 6.88. The van der Waals surface area contributed by atoms with Crippen LogP contribution in [0.2, 0.25) is 0 Å². The summed E-state index contributed by atoms with van der Waals surface area (Å²) >= 11 is 0. The highest BCUT2D eigenvalue weighted by atomic mass is 16.5. The SMILES string of the molecule is O=C(CCN1C(=O)[C@@H]2CCCC[C@H]2C1=O)NCCN1CCOCC1. The number of carbonyl (C=O) groups is 3. The van der Waals surface area contributed by atoms with Crippen LogP contribution in [0.25, 0.3) is 0 Å². The molecule has 0 spiro atoms. The van der Waals surface area contributed by atoms with Gasteiger partial charge in [-0.05, 0) is 12.8 Å². The maximum atomic E-state index is 12.3. The highest BCUT2D eigenvalue weighted by Gasteiger charge is 2.47. The average molecular weight is 337 g/mol. The van der Waals surface area contributed by atoms with Gasteiger partial charge in [-0.25, -0.2) is 0 Å². The van der Waals surface area contributed by atoms with Crippen molar-refractivity contribution in [2.24, 2.45) is 11.8 Å². The van der Waals surface area contributed by atoms with Crippen molar-refractivity contribution in [3.8, 4) is 0 Å². The lowest BCUT2D eigenvalue weighted by atomic mass is 9.81. The predicted molar refractivity (Wildman–Crippen MR) is 87.1 cm³/mol. The van der Waals surface area contributed by atoms with Crippen LogP contribution in [0.4, 0.5) is 0 Å². The lowest BCUT2D eigenvalue weighted by Gasteiger charge is -2.26. The Morgan fingerprint density at radius 3 is 2.29 bits per heavy atom. The number of amides is 3. The van der Waals surface area contributed by atoms with Gasteiger partial charge in [-0.15, -0.1) is 0 Å². The molecule has 0 bridgehead atoms. The fourth-order valence-corrected chi connectivity index (χ4v) is 3.93. The van der Waals surface area contributed by atoms with Gasteiger partial charge in [0.25, 0.3) is 0 Å². The number of fused-ring (bicyclic) bond motifs is 1. The van der Waals surface area contributed by atoms with Crippen LogP contribution in [-0.4, -0.2) is 73.5 Å². The second-order valence-electron chi connectivity index (χ2n) is 6.88. The number of carbonyl (C=O) groups excluding carboxylic acids is 3. The van der Waals surface area contributed by atoms with Gasteiger partial charge >= 0.3 is 0 Å². The van der Waals surface area contributed by atoms with E-state index >= 15 is 0 Å². The lowest BCUT2D eigenvalue weighted by Crippen LogP contribution is -2.42. The van der Waals surface area contributed by atoms with E-state index in [1.807, 2.05) is 0 Å². The number of ether oxygens (including phenoxy) is 1. The third kappa shape index (κ3) is 3.95. The second kappa shape index (κ2) is 8.07. The molecule has 3 rings (SSSR count). The maximum Gasteiger partial charge on any atom is 0.233 e. The molecule has 2 heterocycles. The van der Waals surface area contributed by atoms with E-state index in [0.29, 0.717) is 6.54 Å². The van der Waals surface area contributed by atoms with E-state index in [0.717, 1.165) is 58.5 Å². The number of imide groups is 1. The van der Waals surface area contributed by atoms with Gasteiger partial charge in [0.2, 0.25) is 17.7 Å². The molecule has 1 saturated carbocycles. The summed E-state index contributed by atoms with van der Waals surface area (Å²) < 4.78 is 5.28. The zero-order valence-electron chi connectivity index (χ0n) is 14.2. The van der Waals surface area contributed by atoms with Crippen molar-refractivity contribution < 1.29 is 19.1 Å². The number of hydrogen-bond acceptors (Lipinski definition) is 5. The topological polar surface area (TPSA) is 79.0 Å². The molecule has 0 aromatic heterocycles. The molecule has 7 nitrogen and oxygen atoms in total. The van der Waals surface area contributed by atoms with Crippen LogP contribution in [0.5, 0.6) is 0 Å². The first-order valence-corrected chi connectivity index (χ1v) is 9.09. The van der Waals surface area contributed by atoms with Gasteiger partial charge in [-0.1, -0.05) is 12.8 Å². The van der Waals surface area contributed by atoms with E-state index in [1.165, 1.54) is 4.90 Å². The standard InChI is InChI=1S/C17H27N3O4/c21-15(18-6-8-19-9-11-24-12-10-19)5-7-20-16(22)13-3-1-2-4-14(13)17(20)23/h13-14H,1-12H2,(H,18,21)/t13-,14-/m1/s1. The van der Waals surface area contributed by atoms with Gasteiger partial charge in [0.05, 0.1) is 25.0 Å². The third-order valence-electron chi connectivity index (χ3n) is 5.35. The highest BCUT2D eigenvalue weighted by Crippen LogP contribution is 2.37. The molecule has 7 heteroatoms. The fraction of sp³-hybridized carbons (Fsp3) is 0.824. The minimum Gasteiger partial charge on any atom is -0.379 e. The Labute approximate surface area is 142 Å². The molecule has 1 aliphatic carbocycles. The van der Waals surface area contributed by atoms with E-state index in [-0.39, 0.29) is 42.5 Å². The van der Waals surface area contributed by atoms with Crippen LogP contribution in [0.15, 0.2) is 0 Å². The Balaban J connectivity index is 1.38. The molecule has 0 aromatic carbocycles. The molecule has 0 aromatic rings. The Morgan fingerprint density at radius 2 is 1.67 bits per heavy atom. The summed E-state index contributed by atoms with van der Waals surface area (Å²) in [5, 5.41) is 2.88. The largest absolute Gasteiger partial charge is 0.379 e. The van der Waals surface area contributed by atoms with E-state index in [1.54, 1.807) is 0 Å². The normalized spacial score (nSPS) is 28.1. The molecule has 3 amide bonds. The first kappa shape index (κ1) is 17.4. The Hall–Kier alpha value is -1.47. The van der Waals surface area contributed by atoms with Crippen LogP contribution in [0, 0.1) is 11.8 Å². The van der Waals surface area contributed by atoms with Crippen molar-refractivity contribution in [2.45, 2.75) is 32.1 Å². The zero-order valence-corrected chi connectivity index (χ0v) is 14.2. The van der Waals surface area contributed by atoms with Gasteiger partial charge in [-0.3, -0.25) is 24.2 Å². The number of nitrogens with one attached hydrogen (secondary N) is 1. The highest BCUT2D eigenvalue weighted by molar-refractivity contribution is 6.05. The third-order valence-corrected chi connectivity index (χ3v) is 5.35. The smallest absolute Gasteiger partial charge is 0.233 e. The summed E-state index contributed by atoms with van der Waals surface area (Å²) in [6, 6.07) is 0. The fourth-order valence-electron chi connectivity index (χ4n) is 3.93. The molecule has 0 unspecified atom stereocenters. The number of hydrogen-bond donors (Lipinski definition) is 1. The van der Waals surface area contributed by atoms with Crippen LogP contribution in [0.3, 0.4) is 0 Å². The molecule has 3 fully saturated rings. The Bertz CT molecular complexity index is 466. The maximum absolute atomic E-state index is 12.3. The van der Waals surface area contributed by atoms with E-state index in [4.69, 9.17) is 4.74 Å². The molecule has 24 heavy (non-hydrogen) atoms. The minimum absolute atomic E-state index is 0.0641.